The first-order chi connectivity index (χ1) is 10.7. The van der Waals surface area contributed by atoms with E-state index in [0.717, 1.165) is 11.1 Å². The van der Waals surface area contributed by atoms with Gasteiger partial charge in [0.05, 0.1) is 0 Å². The van der Waals surface area contributed by atoms with Gasteiger partial charge in [0.15, 0.2) is 5.78 Å². The first kappa shape index (κ1) is 15.5. The minimum absolute atomic E-state index is 0.0781. The summed E-state index contributed by atoms with van der Waals surface area (Å²) in [6.07, 6.45) is 0.989. The number of hydrogen-bond acceptors (Lipinski definition) is 3. The Labute approximate surface area is 129 Å². The van der Waals surface area contributed by atoms with E-state index in [1.54, 1.807) is 24.3 Å². The van der Waals surface area contributed by atoms with E-state index in [1.807, 2.05) is 30.3 Å². The van der Waals surface area contributed by atoms with E-state index in [1.165, 1.54) is 6.08 Å². The van der Waals surface area contributed by atoms with E-state index in [-0.39, 0.29) is 12.2 Å². The van der Waals surface area contributed by atoms with Gasteiger partial charge in [-0.1, -0.05) is 49.0 Å². The molecule has 2 aromatic rings. The molecule has 2 aromatic carbocycles. The number of ketones is 1. The molecule has 0 aliphatic heterocycles. The SMILES string of the molecule is C=CC(=O)Cc1cccc(OC(=O)NCc2ccccc2)c1. The maximum absolute atomic E-state index is 11.8. The van der Waals surface area contributed by atoms with E-state index in [9.17, 15) is 9.59 Å². The third-order valence-electron chi connectivity index (χ3n) is 2.99. The minimum atomic E-state index is -0.531. The second kappa shape index (κ2) is 7.78. The lowest BCUT2D eigenvalue weighted by atomic mass is 10.1. The van der Waals surface area contributed by atoms with Crippen LogP contribution in [0.25, 0.3) is 0 Å². The Hall–Kier alpha value is -2.88. The van der Waals surface area contributed by atoms with Gasteiger partial charge in [0.25, 0.3) is 0 Å². The number of benzene rings is 2. The van der Waals surface area contributed by atoms with Crippen LogP contribution in [-0.4, -0.2) is 11.9 Å². The van der Waals surface area contributed by atoms with Gasteiger partial charge >= 0.3 is 6.09 Å². The van der Waals surface area contributed by atoms with Crippen molar-refractivity contribution in [2.24, 2.45) is 0 Å². The Morgan fingerprint density at radius 1 is 1.05 bits per heavy atom. The second-order valence-corrected chi connectivity index (χ2v) is 4.72. The lowest BCUT2D eigenvalue weighted by Crippen LogP contribution is -2.26. The third kappa shape index (κ3) is 4.90. The smallest absolute Gasteiger partial charge is 0.410 e. The van der Waals surface area contributed by atoms with Crippen molar-refractivity contribution in [3.8, 4) is 5.75 Å². The molecule has 0 atom stereocenters. The van der Waals surface area contributed by atoms with Crippen LogP contribution in [0.15, 0.2) is 67.3 Å². The molecular weight excluding hydrogens is 278 g/mol. The Kier molecular flexibility index (Phi) is 5.49. The fourth-order valence-electron chi connectivity index (χ4n) is 1.91. The molecule has 0 unspecified atom stereocenters. The Balaban J connectivity index is 1.89. The molecule has 112 valence electrons. The number of ether oxygens (including phenoxy) is 1. The molecule has 0 aliphatic rings. The Bertz CT molecular complexity index is 665. The van der Waals surface area contributed by atoms with Crippen LogP contribution in [0.1, 0.15) is 11.1 Å². The largest absolute Gasteiger partial charge is 0.412 e. The van der Waals surface area contributed by atoms with Gasteiger partial charge in [-0.15, -0.1) is 0 Å². The molecule has 0 aromatic heterocycles. The highest BCUT2D eigenvalue weighted by Crippen LogP contribution is 2.14. The summed E-state index contributed by atoms with van der Waals surface area (Å²) in [5, 5.41) is 2.67. The summed E-state index contributed by atoms with van der Waals surface area (Å²) in [6, 6.07) is 16.4. The van der Waals surface area contributed by atoms with E-state index >= 15 is 0 Å². The molecule has 0 radical (unpaired) electrons. The molecule has 0 bridgehead atoms. The van der Waals surface area contributed by atoms with E-state index in [2.05, 4.69) is 11.9 Å². The van der Waals surface area contributed by atoms with Gasteiger partial charge in [-0.2, -0.15) is 0 Å². The Morgan fingerprint density at radius 2 is 1.77 bits per heavy atom. The van der Waals surface area contributed by atoms with Crippen LogP contribution in [0, 0.1) is 0 Å². The third-order valence-corrected chi connectivity index (χ3v) is 2.99. The van der Waals surface area contributed by atoms with Crippen LogP contribution in [0.4, 0.5) is 4.79 Å². The van der Waals surface area contributed by atoms with E-state index in [0.29, 0.717) is 12.3 Å². The van der Waals surface area contributed by atoms with Crippen LogP contribution in [0.3, 0.4) is 0 Å². The van der Waals surface area contributed by atoms with Crippen molar-refractivity contribution < 1.29 is 14.3 Å². The van der Waals surface area contributed by atoms with E-state index in [4.69, 9.17) is 4.74 Å². The number of hydrogen-bond donors (Lipinski definition) is 1. The molecule has 1 N–H and O–H groups in total. The van der Waals surface area contributed by atoms with Crippen molar-refractivity contribution >= 4 is 11.9 Å². The highest BCUT2D eigenvalue weighted by atomic mass is 16.6. The molecule has 1 amide bonds. The molecule has 0 saturated carbocycles. The van der Waals surface area contributed by atoms with Crippen LogP contribution in [0.2, 0.25) is 0 Å². The zero-order valence-electron chi connectivity index (χ0n) is 12.1. The molecule has 0 saturated heterocycles. The highest BCUT2D eigenvalue weighted by molar-refractivity contribution is 5.90. The molecule has 0 heterocycles. The lowest BCUT2D eigenvalue weighted by Gasteiger charge is -2.08. The predicted octanol–water partition coefficient (Wildman–Crippen LogP) is 3.27. The summed E-state index contributed by atoms with van der Waals surface area (Å²) in [6.45, 7) is 3.83. The second-order valence-electron chi connectivity index (χ2n) is 4.72. The van der Waals surface area contributed by atoms with Crippen molar-refractivity contribution in [3.05, 3.63) is 78.4 Å². The first-order valence-electron chi connectivity index (χ1n) is 6.91. The fourth-order valence-corrected chi connectivity index (χ4v) is 1.91. The topological polar surface area (TPSA) is 55.4 Å². The molecule has 0 aliphatic carbocycles. The van der Waals surface area contributed by atoms with Crippen molar-refractivity contribution in [2.75, 3.05) is 0 Å². The predicted molar refractivity (Wildman–Crippen MR) is 84.7 cm³/mol. The molecule has 0 spiro atoms. The van der Waals surface area contributed by atoms with Gasteiger partial charge < -0.3 is 10.1 Å². The number of carbonyl (C=O) groups excluding carboxylic acids is 2. The first-order valence-corrected chi connectivity index (χ1v) is 6.91. The summed E-state index contributed by atoms with van der Waals surface area (Å²) in [7, 11) is 0. The zero-order chi connectivity index (χ0) is 15.8. The summed E-state index contributed by atoms with van der Waals surface area (Å²) in [5.41, 5.74) is 1.77. The maximum atomic E-state index is 11.8. The van der Waals surface area contributed by atoms with Gasteiger partial charge in [-0.3, -0.25) is 4.79 Å². The van der Waals surface area contributed by atoms with Crippen molar-refractivity contribution in [3.63, 3.8) is 0 Å². The zero-order valence-corrected chi connectivity index (χ0v) is 12.1. The van der Waals surface area contributed by atoms with Gasteiger partial charge in [-0.25, -0.2) is 4.79 Å². The monoisotopic (exact) mass is 295 g/mol. The molecule has 2 rings (SSSR count). The van der Waals surface area contributed by atoms with Gasteiger partial charge in [0.1, 0.15) is 5.75 Å². The highest BCUT2D eigenvalue weighted by Gasteiger charge is 2.06. The standard InChI is InChI=1S/C18H17NO3/c1-2-16(20)11-15-9-6-10-17(12-15)22-18(21)19-13-14-7-4-3-5-8-14/h2-10,12H,1,11,13H2,(H,19,21). The number of allylic oxidation sites excluding steroid dienone is 1. The number of nitrogens with one attached hydrogen (secondary N) is 1. The molecular formula is C18H17NO3. The van der Waals surface area contributed by atoms with Crippen molar-refractivity contribution in [1.29, 1.82) is 0 Å². The average molecular weight is 295 g/mol. The summed E-state index contributed by atoms with van der Waals surface area (Å²) in [4.78, 5) is 23.1. The maximum Gasteiger partial charge on any atom is 0.412 e. The molecule has 4 heteroatoms. The van der Waals surface area contributed by atoms with Gasteiger partial charge in [-0.05, 0) is 29.3 Å². The normalized spacial score (nSPS) is 9.82. The van der Waals surface area contributed by atoms with Crippen LogP contribution in [-0.2, 0) is 17.8 Å². The van der Waals surface area contributed by atoms with Crippen molar-refractivity contribution in [1.82, 2.24) is 5.32 Å². The summed E-state index contributed by atoms with van der Waals surface area (Å²) < 4.78 is 5.20. The van der Waals surface area contributed by atoms with Crippen LogP contribution in [0.5, 0.6) is 5.75 Å². The van der Waals surface area contributed by atoms with Crippen LogP contribution < -0.4 is 10.1 Å². The lowest BCUT2D eigenvalue weighted by molar-refractivity contribution is -0.114. The quantitative estimate of drug-likeness (QED) is 0.832. The van der Waals surface area contributed by atoms with Crippen LogP contribution >= 0.6 is 0 Å². The molecule has 4 nitrogen and oxygen atoms in total. The minimum Gasteiger partial charge on any atom is -0.410 e. The fraction of sp³-hybridized carbons (Fsp3) is 0.111. The summed E-state index contributed by atoms with van der Waals surface area (Å²) >= 11 is 0. The van der Waals surface area contributed by atoms with Gasteiger partial charge in [0, 0.05) is 13.0 Å². The number of rotatable bonds is 6. The molecule has 0 fully saturated rings. The van der Waals surface area contributed by atoms with Crippen molar-refractivity contribution in [2.45, 2.75) is 13.0 Å². The number of carbonyl (C=O) groups is 2. The molecule has 22 heavy (non-hydrogen) atoms. The Morgan fingerprint density at radius 3 is 2.50 bits per heavy atom. The van der Waals surface area contributed by atoms with Gasteiger partial charge in [0.2, 0.25) is 0 Å². The number of amides is 1. The van der Waals surface area contributed by atoms with E-state index < -0.39 is 6.09 Å². The average Bonchev–Trinajstić information content (AvgIpc) is 2.54. The summed E-state index contributed by atoms with van der Waals surface area (Å²) in [5.74, 6) is 0.325.